The summed E-state index contributed by atoms with van der Waals surface area (Å²) in [6, 6.07) is 3.58. The van der Waals surface area contributed by atoms with Crippen LogP contribution in [0.3, 0.4) is 0 Å². The van der Waals surface area contributed by atoms with Gasteiger partial charge in [0.25, 0.3) is 0 Å². The first kappa shape index (κ1) is 12.9. The molecule has 1 aromatic carbocycles. The quantitative estimate of drug-likeness (QED) is 0.727. The molecule has 0 spiro atoms. The summed E-state index contributed by atoms with van der Waals surface area (Å²) < 4.78 is 11.2. The zero-order valence-corrected chi connectivity index (χ0v) is 12.1. The molecule has 1 N–H and O–H groups in total. The monoisotopic (exact) mass is 271 g/mol. The summed E-state index contributed by atoms with van der Waals surface area (Å²) in [6.45, 7) is 6.56. The van der Waals surface area contributed by atoms with Gasteiger partial charge in [0, 0.05) is 34.5 Å². The van der Waals surface area contributed by atoms with E-state index in [0.29, 0.717) is 5.58 Å². The van der Waals surface area contributed by atoms with Gasteiger partial charge in [-0.2, -0.15) is 0 Å². The Labute approximate surface area is 116 Å². The van der Waals surface area contributed by atoms with E-state index in [2.05, 4.69) is 11.4 Å². The summed E-state index contributed by atoms with van der Waals surface area (Å²) in [5, 5.41) is 5.21. The lowest BCUT2D eigenvalue weighted by molar-refractivity contribution is 0.549. The van der Waals surface area contributed by atoms with Crippen molar-refractivity contribution in [2.75, 3.05) is 7.05 Å². The van der Waals surface area contributed by atoms with Crippen molar-refractivity contribution >= 4 is 21.9 Å². The van der Waals surface area contributed by atoms with Crippen LogP contribution in [-0.2, 0) is 6.54 Å². The molecule has 4 nitrogen and oxygen atoms in total. The highest BCUT2D eigenvalue weighted by atomic mass is 16.4. The van der Waals surface area contributed by atoms with Crippen molar-refractivity contribution in [1.82, 2.24) is 5.32 Å². The Morgan fingerprint density at radius 1 is 1.05 bits per heavy atom. The molecule has 0 radical (unpaired) electrons. The van der Waals surface area contributed by atoms with Crippen molar-refractivity contribution in [2.24, 2.45) is 0 Å². The minimum absolute atomic E-state index is 0.323. The number of benzene rings is 1. The highest BCUT2D eigenvalue weighted by Gasteiger charge is 2.17. The number of furan rings is 1. The molecule has 0 saturated carbocycles. The van der Waals surface area contributed by atoms with Crippen LogP contribution in [0.5, 0.6) is 0 Å². The fraction of sp³-hybridized carbons (Fsp3) is 0.312. The SMILES string of the molecule is CNCc1c(C)oc2c(C)c3oc(=O)cc(C)c3cc12. The largest absolute Gasteiger partial charge is 0.461 e. The third kappa shape index (κ3) is 1.76. The maximum atomic E-state index is 11.6. The molecule has 0 amide bonds. The van der Waals surface area contributed by atoms with E-state index in [1.807, 2.05) is 27.8 Å². The van der Waals surface area contributed by atoms with Crippen LogP contribution in [0.4, 0.5) is 0 Å². The molecule has 0 aliphatic carbocycles. The van der Waals surface area contributed by atoms with Gasteiger partial charge in [-0.05, 0) is 39.4 Å². The average Bonchev–Trinajstić information content (AvgIpc) is 2.70. The molecule has 0 atom stereocenters. The van der Waals surface area contributed by atoms with Gasteiger partial charge in [-0.25, -0.2) is 4.79 Å². The number of hydrogen-bond donors (Lipinski definition) is 1. The first-order valence-electron chi connectivity index (χ1n) is 6.63. The highest BCUT2D eigenvalue weighted by molar-refractivity contribution is 5.99. The fourth-order valence-electron chi connectivity index (χ4n) is 2.75. The lowest BCUT2D eigenvalue weighted by atomic mass is 10.0. The van der Waals surface area contributed by atoms with Crippen molar-refractivity contribution in [2.45, 2.75) is 27.3 Å². The van der Waals surface area contributed by atoms with Crippen molar-refractivity contribution < 1.29 is 8.83 Å². The van der Waals surface area contributed by atoms with Crippen molar-refractivity contribution in [1.29, 1.82) is 0 Å². The first-order valence-corrected chi connectivity index (χ1v) is 6.63. The topological polar surface area (TPSA) is 55.4 Å². The Hall–Kier alpha value is -2.07. The molecule has 0 bridgehead atoms. The number of fused-ring (bicyclic) bond motifs is 2. The van der Waals surface area contributed by atoms with Crippen LogP contribution in [0.1, 0.15) is 22.5 Å². The Balaban J connectivity index is 2.51. The third-order valence-corrected chi connectivity index (χ3v) is 3.78. The summed E-state index contributed by atoms with van der Waals surface area (Å²) in [7, 11) is 1.91. The summed E-state index contributed by atoms with van der Waals surface area (Å²) in [6.07, 6.45) is 0. The van der Waals surface area contributed by atoms with Gasteiger partial charge in [0.2, 0.25) is 0 Å². The molecule has 20 heavy (non-hydrogen) atoms. The summed E-state index contributed by atoms with van der Waals surface area (Å²) in [5.74, 6) is 0.896. The molecule has 0 fully saturated rings. The van der Waals surface area contributed by atoms with E-state index < -0.39 is 0 Å². The number of aryl methyl sites for hydroxylation is 3. The lowest BCUT2D eigenvalue weighted by Gasteiger charge is -2.05. The van der Waals surface area contributed by atoms with E-state index in [4.69, 9.17) is 8.83 Å². The van der Waals surface area contributed by atoms with Crippen molar-refractivity contribution in [3.05, 3.63) is 45.0 Å². The van der Waals surface area contributed by atoms with Crippen LogP contribution >= 0.6 is 0 Å². The minimum atomic E-state index is -0.323. The standard InChI is InChI=1S/C16H17NO3/c1-8-5-14(18)20-15-9(2)16-12(6-11(8)15)13(7-17-4)10(3)19-16/h5-6,17H,7H2,1-4H3. The predicted molar refractivity (Wildman–Crippen MR) is 79.2 cm³/mol. The second-order valence-electron chi connectivity index (χ2n) is 5.17. The van der Waals surface area contributed by atoms with E-state index >= 15 is 0 Å². The molecular weight excluding hydrogens is 254 g/mol. The second kappa shape index (κ2) is 4.49. The summed E-state index contributed by atoms with van der Waals surface area (Å²) in [5.41, 5.74) is 4.05. The lowest BCUT2D eigenvalue weighted by Crippen LogP contribution is -2.05. The first-order chi connectivity index (χ1) is 9.52. The Kier molecular flexibility index (Phi) is 2.91. The van der Waals surface area contributed by atoms with E-state index in [-0.39, 0.29) is 5.63 Å². The summed E-state index contributed by atoms with van der Waals surface area (Å²) >= 11 is 0. The van der Waals surface area contributed by atoms with Gasteiger partial charge in [0.05, 0.1) is 0 Å². The van der Waals surface area contributed by atoms with Crippen LogP contribution in [0.25, 0.3) is 21.9 Å². The number of rotatable bonds is 2. The van der Waals surface area contributed by atoms with Crippen LogP contribution < -0.4 is 10.9 Å². The van der Waals surface area contributed by atoms with Crippen LogP contribution in [-0.4, -0.2) is 7.05 Å². The summed E-state index contributed by atoms with van der Waals surface area (Å²) in [4.78, 5) is 11.6. The van der Waals surface area contributed by atoms with E-state index in [9.17, 15) is 4.79 Å². The van der Waals surface area contributed by atoms with E-state index in [1.54, 1.807) is 0 Å². The van der Waals surface area contributed by atoms with Gasteiger partial charge >= 0.3 is 5.63 Å². The van der Waals surface area contributed by atoms with Crippen LogP contribution in [0.15, 0.2) is 25.8 Å². The van der Waals surface area contributed by atoms with Gasteiger partial charge in [-0.1, -0.05) is 0 Å². The number of hydrogen-bond acceptors (Lipinski definition) is 4. The maximum Gasteiger partial charge on any atom is 0.336 e. The Morgan fingerprint density at radius 3 is 2.45 bits per heavy atom. The molecule has 3 rings (SSSR count). The molecule has 3 aromatic rings. The van der Waals surface area contributed by atoms with Crippen LogP contribution in [0, 0.1) is 20.8 Å². The van der Waals surface area contributed by atoms with Crippen molar-refractivity contribution in [3.8, 4) is 0 Å². The molecule has 2 heterocycles. The molecule has 0 aliphatic rings. The molecule has 0 unspecified atom stereocenters. The Bertz CT molecular complexity index is 871. The van der Waals surface area contributed by atoms with Gasteiger partial charge in [-0.3, -0.25) is 0 Å². The van der Waals surface area contributed by atoms with Gasteiger partial charge in [-0.15, -0.1) is 0 Å². The average molecular weight is 271 g/mol. The van der Waals surface area contributed by atoms with Gasteiger partial charge in [0.15, 0.2) is 0 Å². The highest BCUT2D eigenvalue weighted by Crippen LogP contribution is 2.34. The molecule has 0 saturated heterocycles. The molecule has 4 heteroatoms. The van der Waals surface area contributed by atoms with E-state index in [1.165, 1.54) is 6.07 Å². The zero-order chi connectivity index (χ0) is 14.4. The molecule has 2 aromatic heterocycles. The molecular formula is C16H17NO3. The zero-order valence-electron chi connectivity index (χ0n) is 12.1. The van der Waals surface area contributed by atoms with Gasteiger partial charge in [0.1, 0.15) is 16.9 Å². The van der Waals surface area contributed by atoms with Gasteiger partial charge < -0.3 is 14.2 Å². The van der Waals surface area contributed by atoms with Crippen molar-refractivity contribution in [3.63, 3.8) is 0 Å². The third-order valence-electron chi connectivity index (χ3n) is 3.78. The normalized spacial score (nSPS) is 11.6. The smallest absolute Gasteiger partial charge is 0.336 e. The number of nitrogens with one attached hydrogen (secondary N) is 1. The molecule has 104 valence electrons. The molecule has 0 aliphatic heterocycles. The maximum absolute atomic E-state index is 11.6. The van der Waals surface area contributed by atoms with E-state index in [0.717, 1.165) is 45.4 Å². The minimum Gasteiger partial charge on any atom is -0.461 e. The van der Waals surface area contributed by atoms with Crippen LogP contribution in [0.2, 0.25) is 0 Å². The second-order valence-corrected chi connectivity index (χ2v) is 5.17. The fourth-order valence-corrected chi connectivity index (χ4v) is 2.75. The Morgan fingerprint density at radius 2 is 1.75 bits per heavy atom. The predicted octanol–water partition coefficient (Wildman–Crippen LogP) is 3.18.